The van der Waals surface area contributed by atoms with Gasteiger partial charge >= 0.3 is 0 Å². The summed E-state index contributed by atoms with van der Waals surface area (Å²) in [6, 6.07) is 7.41. The van der Waals surface area contributed by atoms with Crippen LogP contribution in [0.4, 0.5) is 5.13 Å². The lowest BCUT2D eigenvalue weighted by Crippen LogP contribution is -2.13. The molecule has 0 atom stereocenters. The van der Waals surface area contributed by atoms with Gasteiger partial charge in [0.15, 0.2) is 5.78 Å². The number of hydrogen-bond donors (Lipinski definition) is 1. The fraction of sp³-hybridized carbons (Fsp3) is 0.474. The second kappa shape index (κ2) is 8.34. The number of amides is 1. The molecule has 6 heteroatoms. The van der Waals surface area contributed by atoms with E-state index in [4.69, 9.17) is 0 Å². The Kier molecular flexibility index (Phi) is 5.91. The third-order valence-corrected chi connectivity index (χ3v) is 5.60. The third kappa shape index (κ3) is 4.95. The van der Waals surface area contributed by atoms with Crippen molar-refractivity contribution < 1.29 is 9.59 Å². The third-order valence-electron chi connectivity index (χ3n) is 4.59. The Morgan fingerprint density at radius 1 is 1.08 bits per heavy atom. The van der Waals surface area contributed by atoms with Gasteiger partial charge in [-0.3, -0.25) is 9.59 Å². The molecule has 0 aliphatic heterocycles. The number of Topliss-reactive ketones (excluding diaryl/α,β-unsaturated/α-hetero) is 1. The highest BCUT2D eigenvalue weighted by atomic mass is 32.1. The van der Waals surface area contributed by atoms with E-state index >= 15 is 0 Å². The molecule has 132 valence electrons. The van der Waals surface area contributed by atoms with Gasteiger partial charge in [-0.1, -0.05) is 60.4 Å². The second-order valence-corrected chi connectivity index (χ2v) is 7.63. The van der Waals surface area contributed by atoms with Crippen LogP contribution in [0.3, 0.4) is 0 Å². The zero-order chi connectivity index (χ0) is 17.6. The smallest absolute Gasteiger partial charge is 0.226 e. The number of ketones is 1. The second-order valence-electron chi connectivity index (χ2n) is 6.62. The normalized spacial score (nSPS) is 15.1. The van der Waals surface area contributed by atoms with Gasteiger partial charge < -0.3 is 5.32 Å². The van der Waals surface area contributed by atoms with Crippen molar-refractivity contribution in [3.05, 3.63) is 40.4 Å². The molecule has 3 rings (SSSR count). The number of nitrogens with one attached hydrogen (secondary N) is 1. The first-order valence-corrected chi connectivity index (χ1v) is 9.66. The molecule has 2 aromatic rings. The van der Waals surface area contributed by atoms with Crippen LogP contribution in [0.15, 0.2) is 24.3 Å². The molecule has 0 radical (unpaired) electrons. The van der Waals surface area contributed by atoms with Gasteiger partial charge in [-0.05, 0) is 19.8 Å². The number of hydrogen-bond acceptors (Lipinski definition) is 5. The molecule has 1 heterocycles. The van der Waals surface area contributed by atoms with Crippen LogP contribution < -0.4 is 5.32 Å². The maximum atomic E-state index is 12.1. The van der Waals surface area contributed by atoms with Gasteiger partial charge in [0.2, 0.25) is 11.0 Å². The van der Waals surface area contributed by atoms with Gasteiger partial charge in [0, 0.05) is 24.3 Å². The first-order chi connectivity index (χ1) is 12.1. The summed E-state index contributed by atoms with van der Waals surface area (Å²) < 4.78 is 0. The van der Waals surface area contributed by atoms with Gasteiger partial charge in [0.1, 0.15) is 5.01 Å². The quantitative estimate of drug-likeness (QED) is 0.773. The predicted octanol–water partition coefficient (Wildman–Crippen LogP) is 4.50. The number of rotatable bonds is 6. The van der Waals surface area contributed by atoms with E-state index in [0.717, 1.165) is 23.4 Å². The molecular formula is C19H23N3O2S. The van der Waals surface area contributed by atoms with Crippen LogP contribution >= 0.6 is 11.3 Å². The number of aryl methyl sites for hydroxylation is 1. The number of benzene rings is 1. The predicted molar refractivity (Wildman–Crippen MR) is 99.1 cm³/mol. The molecule has 0 saturated heterocycles. The molecule has 1 aromatic carbocycles. The lowest BCUT2D eigenvalue weighted by molar-refractivity contribution is -0.116. The van der Waals surface area contributed by atoms with E-state index in [2.05, 4.69) is 15.5 Å². The van der Waals surface area contributed by atoms with Gasteiger partial charge in [0.05, 0.1) is 0 Å². The van der Waals surface area contributed by atoms with E-state index in [-0.39, 0.29) is 24.5 Å². The Morgan fingerprint density at radius 3 is 2.52 bits per heavy atom. The van der Waals surface area contributed by atoms with Crippen molar-refractivity contribution >= 4 is 28.2 Å². The van der Waals surface area contributed by atoms with E-state index in [1.165, 1.54) is 30.6 Å². The molecule has 1 amide bonds. The minimum absolute atomic E-state index is 0.0182. The van der Waals surface area contributed by atoms with Crippen molar-refractivity contribution in [2.45, 2.75) is 57.8 Å². The fourth-order valence-corrected chi connectivity index (χ4v) is 4.02. The first kappa shape index (κ1) is 17.7. The monoisotopic (exact) mass is 357 g/mol. The Labute approximate surface area is 151 Å². The largest absolute Gasteiger partial charge is 0.301 e. The summed E-state index contributed by atoms with van der Waals surface area (Å²) in [6.45, 7) is 1.98. The Bertz CT molecular complexity index is 733. The van der Waals surface area contributed by atoms with Crippen LogP contribution in [0.25, 0.3) is 0 Å². The molecule has 1 N–H and O–H groups in total. The molecule has 1 aromatic heterocycles. The summed E-state index contributed by atoms with van der Waals surface area (Å²) in [4.78, 5) is 24.2. The standard InChI is InChI=1S/C19H23N3O2S/c1-13-7-9-14(10-8-13)16(23)11-12-17(24)20-19-22-21-18(25-19)15-5-3-2-4-6-15/h7-10,15H,2-6,11-12H2,1H3,(H,20,22,24). The Hall–Kier alpha value is -2.08. The zero-order valence-corrected chi connectivity index (χ0v) is 15.3. The molecular weight excluding hydrogens is 334 g/mol. The van der Waals surface area contributed by atoms with Crippen LogP contribution in [-0.2, 0) is 4.79 Å². The van der Waals surface area contributed by atoms with E-state index in [1.54, 1.807) is 12.1 Å². The number of nitrogens with zero attached hydrogens (tertiary/aromatic N) is 2. The minimum atomic E-state index is -0.188. The first-order valence-electron chi connectivity index (χ1n) is 8.85. The lowest BCUT2D eigenvalue weighted by atomic mass is 9.90. The van der Waals surface area contributed by atoms with Crippen molar-refractivity contribution in [2.24, 2.45) is 0 Å². The molecule has 0 spiro atoms. The summed E-state index contributed by atoms with van der Waals surface area (Å²) >= 11 is 1.46. The van der Waals surface area contributed by atoms with E-state index in [0.29, 0.717) is 16.6 Å². The highest BCUT2D eigenvalue weighted by Crippen LogP contribution is 2.35. The maximum Gasteiger partial charge on any atom is 0.226 e. The Balaban J connectivity index is 1.48. The average molecular weight is 357 g/mol. The molecule has 0 bridgehead atoms. The van der Waals surface area contributed by atoms with Crippen LogP contribution in [-0.4, -0.2) is 21.9 Å². The summed E-state index contributed by atoms with van der Waals surface area (Å²) in [5.41, 5.74) is 1.76. The van der Waals surface area contributed by atoms with Crippen molar-refractivity contribution in [3.8, 4) is 0 Å². The lowest BCUT2D eigenvalue weighted by Gasteiger charge is -2.18. The van der Waals surface area contributed by atoms with Gasteiger partial charge in [-0.15, -0.1) is 10.2 Å². The molecule has 25 heavy (non-hydrogen) atoms. The topological polar surface area (TPSA) is 72.0 Å². The molecule has 1 saturated carbocycles. The minimum Gasteiger partial charge on any atom is -0.301 e. The van der Waals surface area contributed by atoms with Crippen LogP contribution in [0.1, 0.15) is 71.8 Å². The van der Waals surface area contributed by atoms with Gasteiger partial charge in [0.25, 0.3) is 0 Å². The van der Waals surface area contributed by atoms with Crippen molar-refractivity contribution in [1.82, 2.24) is 10.2 Å². The highest BCUT2D eigenvalue weighted by Gasteiger charge is 2.20. The Morgan fingerprint density at radius 2 is 1.80 bits per heavy atom. The summed E-state index contributed by atoms with van der Waals surface area (Å²) in [5.74, 6) is 0.280. The van der Waals surface area contributed by atoms with E-state index in [1.807, 2.05) is 19.1 Å². The highest BCUT2D eigenvalue weighted by molar-refractivity contribution is 7.15. The van der Waals surface area contributed by atoms with E-state index < -0.39 is 0 Å². The maximum absolute atomic E-state index is 12.1. The molecule has 1 fully saturated rings. The molecule has 5 nitrogen and oxygen atoms in total. The average Bonchev–Trinajstić information content (AvgIpc) is 3.09. The number of carbonyl (C=O) groups is 2. The van der Waals surface area contributed by atoms with Gasteiger partial charge in [-0.2, -0.15) is 0 Å². The summed E-state index contributed by atoms with van der Waals surface area (Å²) in [5, 5.41) is 12.6. The molecule has 1 aliphatic rings. The van der Waals surface area contributed by atoms with Gasteiger partial charge in [-0.25, -0.2) is 0 Å². The van der Waals surface area contributed by atoms with Crippen LogP contribution in [0, 0.1) is 6.92 Å². The number of carbonyl (C=O) groups excluding carboxylic acids is 2. The zero-order valence-electron chi connectivity index (χ0n) is 14.5. The summed E-state index contributed by atoms with van der Waals surface area (Å²) in [6.07, 6.45) is 6.46. The van der Waals surface area contributed by atoms with Crippen molar-refractivity contribution in [3.63, 3.8) is 0 Å². The van der Waals surface area contributed by atoms with Crippen molar-refractivity contribution in [2.75, 3.05) is 5.32 Å². The molecule has 1 aliphatic carbocycles. The number of aromatic nitrogens is 2. The SMILES string of the molecule is Cc1ccc(C(=O)CCC(=O)Nc2nnc(C3CCCCC3)s2)cc1. The van der Waals surface area contributed by atoms with Crippen LogP contribution in [0.5, 0.6) is 0 Å². The molecule has 0 unspecified atom stereocenters. The van der Waals surface area contributed by atoms with Crippen LogP contribution in [0.2, 0.25) is 0 Å². The fourth-order valence-electron chi connectivity index (χ4n) is 3.09. The van der Waals surface area contributed by atoms with E-state index in [9.17, 15) is 9.59 Å². The summed E-state index contributed by atoms with van der Waals surface area (Å²) in [7, 11) is 0. The van der Waals surface area contributed by atoms with Crippen molar-refractivity contribution in [1.29, 1.82) is 0 Å². The number of anilines is 1.